The van der Waals surface area contributed by atoms with E-state index >= 15 is 0 Å². The first kappa shape index (κ1) is 13.2. The van der Waals surface area contributed by atoms with Gasteiger partial charge in [-0.25, -0.2) is 0 Å². The summed E-state index contributed by atoms with van der Waals surface area (Å²) in [6.07, 6.45) is 1.75. The zero-order valence-corrected chi connectivity index (χ0v) is 11.7. The topological polar surface area (TPSA) is 52.0 Å². The molecular formula is C16H16N4O. The average Bonchev–Trinajstić information content (AvgIpc) is 2.93. The van der Waals surface area contributed by atoms with Gasteiger partial charge >= 0.3 is 0 Å². The van der Waals surface area contributed by atoms with Gasteiger partial charge in [0.25, 0.3) is 0 Å². The summed E-state index contributed by atoms with van der Waals surface area (Å²) in [5.41, 5.74) is 2.05. The predicted octanol–water partition coefficient (Wildman–Crippen LogP) is 3.22. The maximum atomic E-state index is 5.75. The summed E-state index contributed by atoms with van der Waals surface area (Å²) in [6, 6.07) is 17.6. The number of para-hydroxylation sites is 1. The number of hydrogen-bond donors (Lipinski definition) is 1. The standard InChI is InChI=1S/C16H16N4O/c1-20-14(12-18-19-20)11-17-13-7-9-16(10-8-13)21-15-5-3-2-4-6-15/h2-10,12,17H,11H2,1H3. The van der Waals surface area contributed by atoms with E-state index in [1.165, 1.54) is 0 Å². The van der Waals surface area contributed by atoms with E-state index in [1.54, 1.807) is 10.9 Å². The normalized spacial score (nSPS) is 10.3. The molecule has 21 heavy (non-hydrogen) atoms. The lowest BCUT2D eigenvalue weighted by molar-refractivity contribution is 0.483. The molecule has 0 saturated heterocycles. The summed E-state index contributed by atoms with van der Waals surface area (Å²) in [6.45, 7) is 0.683. The van der Waals surface area contributed by atoms with Gasteiger partial charge in [-0.15, -0.1) is 5.10 Å². The Balaban J connectivity index is 1.60. The molecule has 0 amide bonds. The van der Waals surface area contributed by atoms with Crippen molar-refractivity contribution in [3.63, 3.8) is 0 Å². The number of nitrogens with zero attached hydrogens (tertiary/aromatic N) is 3. The molecule has 0 fully saturated rings. The van der Waals surface area contributed by atoms with Crippen LogP contribution in [0.4, 0.5) is 5.69 Å². The highest BCUT2D eigenvalue weighted by molar-refractivity contribution is 5.47. The third-order valence-corrected chi connectivity index (χ3v) is 3.12. The molecule has 1 aromatic heterocycles. The molecule has 1 N–H and O–H groups in total. The maximum absolute atomic E-state index is 5.75. The zero-order valence-electron chi connectivity index (χ0n) is 11.7. The average molecular weight is 280 g/mol. The number of rotatable bonds is 5. The summed E-state index contributed by atoms with van der Waals surface area (Å²) >= 11 is 0. The van der Waals surface area contributed by atoms with Crippen LogP contribution in [0.25, 0.3) is 0 Å². The van der Waals surface area contributed by atoms with E-state index in [0.29, 0.717) is 6.54 Å². The second kappa shape index (κ2) is 6.09. The van der Waals surface area contributed by atoms with Crippen molar-refractivity contribution in [2.24, 2.45) is 7.05 Å². The Bertz CT molecular complexity index is 692. The Morgan fingerprint density at radius 3 is 2.38 bits per heavy atom. The Hall–Kier alpha value is -2.82. The Morgan fingerprint density at radius 2 is 1.71 bits per heavy atom. The number of anilines is 1. The van der Waals surface area contributed by atoms with E-state index < -0.39 is 0 Å². The lowest BCUT2D eigenvalue weighted by Gasteiger charge is -2.08. The third-order valence-electron chi connectivity index (χ3n) is 3.12. The van der Waals surface area contributed by atoms with Crippen LogP contribution in [0.1, 0.15) is 5.69 Å². The molecule has 5 nitrogen and oxygen atoms in total. The van der Waals surface area contributed by atoms with Crippen LogP contribution in [0.3, 0.4) is 0 Å². The molecule has 0 saturated carbocycles. The van der Waals surface area contributed by atoms with Crippen molar-refractivity contribution in [1.82, 2.24) is 15.0 Å². The Kier molecular flexibility index (Phi) is 3.82. The van der Waals surface area contributed by atoms with Crippen LogP contribution in [0.2, 0.25) is 0 Å². The largest absolute Gasteiger partial charge is 0.457 e. The van der Waals surface area contributed by atoms with Gasteiger partial charge in [-0.3, -0.25) is 4.68 Å². The molecule has 0 atom stereocenters. The minimum absolute atomic E-state index is 0.683. The van der Waals surface area contributed by atoms with Gasteiger partial charge < -0.3 is 10.1 Å². The molecule has 5 heteroatoms. The molecule has 0 unspecified atom stereocenters. The van der Waals surface area contributed by atoms with Crippen LogP contribution in [0.5, 0.6) is 11.5 Å². The second-order valence-corrected chi connectivity index (χ2v) is 4.64. The fourth-order valence-corrected chi connectivity index (χ4v) is 1.93. The maximum Gasteiger partial charge on any atom is 0.127 e. The summed E-state index contributed by atoms with van der Waals surface area (Å²) in [5, 5.41) is 11.1. The SMILES string of the molecule is Cn1nncc1CNc1ccc(Oc2ccccc2)cc1. The Morgan fingerprint density at radius 1 is 1.00 bits per heavy atom. The van der Waals surface area contributed by atoms with Gasteiger partial charge in [0.15, 0.2) is 0 Å². The molecule has 106 valence electrons. The van der Waals surface area contributed by atoms with Crippen LogP contribution in [0.15, 0.2) is 60.8 Å². The van der Waals surface area contributed by atoms with Gasteiger partial charge in [-0.1, -0.05) is 23.4 Å². The zero-order chi connectivity index (χ0) is 14.5. The van der Waals surface area contributed by atoms with Crippen LogP contribution in [-0.4, -0.2) is 15.0 Å². The molecule has 0 aliphatic carbocycles. The third kappa shape index (κ3) is 3.39. The van der Waals surface area contributed by atoms with Crippen molar-refractivity contribution in [1.29, 1.82) is 0 Å². The number of aryl methyl sites for hydroxylation is 1. The Labute approximate surface area is 123 Å². The molecule has 3 aromatic rings. The number of hydrogen-bond acceptors (Lipinski definition) is 4. The van der Waals surface area contributed by atoms with Gasteiger partial charge in [0.05, 0.1) is 18.4 Å². The highest BCUT2D eigenvalue weighted by atomic mass is 16.5. The van der Waals surface area contributed by atoms with Crippen LogP contribution in [-0.2, 0) is 13.6 Å². The van der Waals surface area contributed by atoms with E-state index in [0.717, 1.165) is 22.9 Å². The predicted molar refractivity (Wildman–Crippen MR) is 81.3 cm³/mol. The first-order chi connectivity index (χ1) is 10.3. The lowest BCUT2D eigenvalue weighted by Crippen LogP contribution is -2.05. The molecule has 0 aliphatic rings. The molecule has 3 rings (SSSR count). The van der Waals surface area contributed by atoms with E-state index in [-0.39, 0.29) is 0 Å². The lowest BCUT2D eigenvalue weighted by atomic mass is 10.3. The molecule has 0 spiro atoms. The number of aromatic nitrogens is 3. The van der Waals surface area contributed by atoms with Crippen molar-refractivity contribution < 1.29 is 4.74 Å². The van der Waals surface area contributed by atoms with Gasteiger partial charge in [0, 0.05) is 12.7 Å². The number of nitrogens with one attached hydrogen (secondary N) is 1. The van der Waals surface area contributed by atoms with Crippen molar-refractivity contribution in [2.45, 2.75) is 6.54 Å². The van der Waals surface area contributed by atoms with Crippen LogP contribution in [0, 0.1) is 0 Å². The summed E-state index contributed by atoms with van der Waals surface area (Å²) < 4.78 is 7.50. The van der Waals surface area contributed by atoms with E-state index in [4.69, 9.17) is 4.74 Å². The molecule has 1 heterocycles. The number of benzene rings is 2. The molecular weight excluding hydrogens is 264 g/mol. The summed E-state index contributed by atoms with van der Waals surface area (Å²) in [5.74, 6) is 1.65. The van der Waals surface area contributed by atoms with E-state index in [9.17, 15) is 0 Å². The molecule has 0 radical (unpaired) electrons. The fraction of sp³-hybridized carbons (Fsp3) is 0.125. The van der Waals surface area contributed by atoms with Crippen molar-refractivity contribution >= 4 is 5.69 Å². The van der Waals surface area contributed by atoms with Gasteiger partial charge in [0.2, 0.25) is 0 Å². The van der Waals surface area contributed by atoms with E-state index in [2.05, 4.69) is 15.6 Å². The monoisotopic (exact) mass is 280 g/mol. The van der Waals surface area contributed by atoms with Crippen LogP contribution < -0.4 is 10.1 Å². The van der Waals surface area contributed by atoms with Gasteiger partial charge in [-0.05, 0) is 36.4 Å². The smallest absolute Gasteiger partial charge is 0.127 e. The highest BCUT2D eigenvalue weighted by Gasteiger charge is 2.00. The minimum atomic E-state index is 0.683. The molecule has 0 bridgehead atoms. The van der Waals surface area contributed by atoms with Crippen molar-refractivity contribution in [2.75, 3.05) is 5.32 Å². The minimum Gasteiger partial charge on any atom is -0.457 e. The quantitative estimate of drug-likeness (QED) is 0.779. The van der Waals surface area contributed by atoms with Crippen molar-refractivity contribution in [3.05, 3.63) is 66.5 Å². The summed E-state index contributed by atoms with van der Waals surface area (Å²) in [7, 11) is 1.88. The second-order valence-electron chi connectivity index (χ2n) is 4.64. The van der Waals surface area contributed by atoms with Gasteiger partial charge in [-0.2, -0.15) is 0 Å². The molecule has 2 aromatic carbocycles. The van der Waals surface area contributed by atoms with E-state index in [1.807, 2.05) is 61.6 Å². The van der Waals surface area contributed by atoms with Crippen LogP contribution >= 0.6 is 0 Å². The van der Waals surface area contributed by atoms with Crippen molar-refractivity contribution in [3.8, 4) is 11.5 Å². The number of ether oxygens (including phenoxy) is 1. The molecule has 0 aliphatic heterocycles. The fourth-order valence-electron chi connectivity index (χ4n) is 1.93. The van der Waals surface area contributed by atoms with Gasteiger partial charge in [0.1, 0.15) is 11.5 Å². The summed E-state index contributed by atoms with van der Waals surface area (Å²) in [4.78, 5) is 0. The first-order valence-corrected chi connectivity index (χ1v) is 6.72. The highest BCUT2D eigenvalue weighted by Crippen LogP contribution is 2.22. The first-order valence-electron chi connectivity index (χ1n) is 6.72.